The van der Waals surface area contributed by atoms with E-state index in [0.717, 1.165) is 50.8 Å². The molecule has 0 atom stereocenters. The van der Waals surface area contributed by atoms with Crippen molar-refractivity contribution in [2.75, 3.05) is 37.7 Å². The monoisotopic (exact) mass is 280 g/mol. The van der Waals surface area contributed by atoms with Gasteiger partial charge in [0.25, 0.3) is 0 Å². The Morgan fingerprint density at radius 3 is 2.70 bits per heavy atom. The van der Waals surface area contributed by atoms with Crippen LogP contribution in [-0.4, -0.2) is 42.8 Å². The fourth-order valence-corrected chi connectivity index (χ4v) is 1.92. The van der Waals surface area contributed by atoms with Crippen molar-refractivity contribution in [3.63, 3.8) is 0 Å². The van der Waals surface area contributed by atoms with E-state index in [1.165, 1.54) is 5.56 Å². The zero-order chi connectivity index (χ0) is 14.8. The maximum atomic E-state index is 5.40. The third-order valence-electron chi connectivity index (χ3n) is 3.18. The Bertz CT molecular complexity index is 384. The van der Waals surface area contributed by atoms with Crippen LogP contribution in [0.1, 0.15) is 38.4 Å². The van der Waals surface area contributed by atoms with Crippen molar-refractivity contribution in [3.8, 4) is 0 Å². The molecule has 0 radical (unpaired) electrons. The number of ether oxygens (including phenoxy) is 1. The van der Waals surface area contributed by atoms with Crippen LogP contribution >= 0.6 is 0 Å². The van der Waals surface area contributed by atoms with Gasteiger partial charge in [0, 0.05) is 43.7 Å². The number of nitrogens with zero attached hydrogens (tertiary/aromatic N) is 3. The molecule has 5 nitrogen and oxygen atoms in total. The summed E-state index contributed by atoms with van der Waals surface area (Å²) in [5.74, 6) is 0.795. The first-order chi connectivity index (χ1) is 9.72. The SMILES string of the molecule is CCCNCc1cnc(N(CC)CCOCC)nc1C. The van der Waals surface area contributed by atoms with E-state index in [0.29, 0.717) is 6.61 Å². The molecular weight excluding hydrogens is 252 g/mol. The van der Waals surface area contributed by atoms with Crippen LogP contribution in [0, 0.1) is 6.92 Å². The third kappa shape index (κ3) is 5.43. The number of hydrogen-bond donors (Lipinski definition) is 1. The average Bonchev–Trinajstić information content (AvgIpc) is 2.46. The van der Waals surface area contributed by atoms with E-state index in [4.69, 9.17) is 4.74 Å². The normalized spacial score (nSPS) is 10.8. The molecule has 0 aliphatic heterocycles. The van der Waals surface area contributed by atoms with Crippen molar-refractivity contribution in [3.05, 3.63) is 17.5 Å². The van der Waals surface area contributed by atoms with E-state index < -0.39 is 0 Å². The summed E-state index contributed by atoms with van der Waals surface area (Å²) in [5, 5.41) is 3.38. The average molecular weight is 280 g/mol. The summed E-state index contributed by atoms with van der Waals surface area (Å²) in [6.07, 6.45) is 3.07. The lowest BCUT2D eigenvalue weighted by Crippen LogP contribution is -2.29. The molecule has 0 aliphatic carbocycles. The van der Waals surface area contributed by atoms with Gasteiger partial charge >= 0.3 is 0 Å². The Kier molecular flexibility index (Phi) is 8.14. The minimum Gasteiger partial charge on any atom is -0.380 e. The first-order valence-electron chi connectivity index (χ1n) is 7.58. The smallest absolute Gasteiger partial charge is 0.225 e. The standard InChI is InChI=1S/C15H28N4O/c1-5-8-16-11-14-12-17-15(18-13(14)4)19(6-2)9-10-20-7-3/h12,16H,5-11H2,1-4H3. The molecular formula is C15H28N4O. The molecule has 1 N–H and O–H groups in total. The Balaban J connectivity index is 2.63. The van der Waals surface area contributed by atoms with Crippen molar-refractivity contribution in [1.29, 1.82) is 0 Å². The number of aryl methyl sites for hydroxylation is 1. The second-order valence-electron chi connectivity index (χ2n) is 4.73. The highest BCUT2D eigenvalue weighted by atomic mass is 16.5. The Hall–Kier alpha value is -1.20. The molecule has 1 aromatic heterocycles. The predicted molar refractivity (Wildman–Crippen MR) is 83.1 cm³/mol. The Morgan fingerprint density at radius 1 is 1.30 bits per heavy atom. The molecule has 0 saturated heterocycles. The summed E-state index contributed by atoms with van der Waals surface area (Å²) < 4.78 is 5.40. The number of nitrogens with one attached hydrogen (secondary N) is 1. The molecule has 0 bridgehead atoms. The van der Waals surface area contributed by atoms with Gasteiger partial charge in [-0.1, -0.05) is 6.92 Å². The lowest BCUT2D eigenvalue weighted by atomic mass is 10.2. The Morgan fingerprint density at radius 2 is 2.10 bits per heavy atom. The molecule has 1 aromatic rings. The molecule has 0 unspecified atom stereocenters. The molecule has 0 saturated carbocycles. The summed E-state index contributed by atoms with van der Waals surface area (Å²) in [5.41, 5.74) is 2.22. The quantitative estimate of drug-likeness (QED) is 0.666. The maximum absolute atomic E-state index is 5.40. The van der Waals surface area contributed by atoms with Gasteiger partial charge in [-0.2, -0.15) is 0 Å². The molecule has 1 heterocycles. The number of rotatable bonds is 10. The van der Waals surface area contributed by atoms with Crippen LogP contribution in [0.25, 0.3) is 0 Å². The number of anilines is 1. The Labute approximate surface area is 122 Å². The minimum atomic E-state index is 0.715. The third-order valence-corrected chi connectivity index (χ3v) is 3.18. The molecule has 0 spiro atoms. The molecule has 0 aliphatic rings. The van der Waals surface area contributed by atoms with E-state index in [2.05, 4.69) is 34.0 Å². The highest BCUT2D eigenvalue weighted by molar-refractivity contribution is 5.32. The van der Waals surface area contributed by atoms with Gasteiger partial charge < -0.3 is 15.0 Å². The zero-order valence-electron chi connectivity index (χ0n) is 13.3. The van der Waals surface area contributed by atoms with Gasteiger partial charge in [0.15, 0.2) is 0 Å². The van der Waals surface area contributed by atoms with Crippen LogP contribution in [0.3, 0.4) is 0 Å². The zero-order valence-corrected chi connectivity index (χ0v) is 13.3. The number of aromatic nitrogens is 2. The molecule has 0 amide bonds. The first kappa shape index (κ1) is 16.9. The van der Waals surface area contributed by atoms with Crippen LogP contribution in [0.2, 0.25) is 0 Å². The summed E-state index contributed by atoms with van der Waals surface area (Å²) in [6.45, 7) is 13.4. The van der Waals surface area contributed by atoms with Gasteiger partial charge in [-0.05, 0) is 33.7 Å². The van der Waals surface area contributed by atoms with Crippen LogP contribution < -0.4 is 10.2 Å². The lowest BCUT2D eigenvalue weighted by Gasteiger charge is -2.21. The van der Waals surface area contributed by atoms with Gasteiger partial charge in [0.2, 0.25) is 5.95 Å². The fourth-order valence-electron chi connectivity index (χ4n) is 1.92. The highest BCUT2D eigenvalue weighted by Crippen LogP contribution is 2.11. The maximum Gasteiger partial charge on any atom is 0.225 e. The summed E-state index contributed by atoms with van der Waals surface area (Å²) >= 11 is 0. The number of likely N-dealkylation sites (N-methyl/N-ethyl adjacent to an activating group) is 1. The second kappa shape index (κ2) is 9.66. The molecule has 114 valence electrons. The topological polar surface area (TPSA) is 50.3 Å². The summed E-state index contributed by atoms with van der Waals surface area (Å²) in [6, 6.07) is 0. The van der Waals surface area contributed by atoms with Crippen LogP contribution in [0.5, 0.6) is 0 Å². The fraction of sp³-hybridized carbons (Fsp3) is 0.733. The molecule has 20 heavy (non-hydrogen) atoms. The second-order valence-corrected chi connectivity index (χ2v) is 4.73. The van der Waals surface area contributed by atoms with Crippen molar-refractivity contribution in [2.24, 2.45) is 0 Å². The van der Waals surface area contributed by atoms with Crippen LogP contribution in [0.4, 0.5) is 5.95 Å². The van der Waals surface area contributed by atoms with Crippen LogP contribution in [0.15, 0.2) is 6.20 Å². The van der Waals surface area contributed by atoms with Crippen molar-refractivity contribution >= 4 is 5.95 Å². The van der Waals surface area contributed by atoms with Crippen molar-refractivity contribution in [1.82, 2.24) is 15.3 Å². The van der Waals surface area contributed by atoms with E-state index in [1.807, 2.05) is 20.0 Å². The van der Waals surface area contributed by atoms with E-state index in [9.17, 15) is 0 Å². The van der Waals surface area contributed by atoms with Crippen molar-refractivity contribution in [2.45, 2.75) is 40.7 Å². The van der Waals surface area contributed by atoms with Crippen molar-refractivity contribution < 1.29 is 4.74 Å². The minimum absolute atomic E-state index is 0.715. The van der Waals surface area contributed by atoms with Gasteiger partial charge in [0.05, 0.1) is 6.61 Å². The molecule has 0 aromatic carbocycles. The van der Waals surface area contributed by atoms with Crippen LogP contribution in [-0.2, 0) is 11.3 Å². The van der Waals surface area contributed by atoms with Gasteiger partial charge in [-0.15, -0.1) is 0 Å². The highest BCUT2D eigenvalue weighted by Gasteiger charge is 2.09. The van der Waals surface area contributed by atoms with E-state index in [-0.39, 0.29) is 0 Å². The largest absolute Gasteiger partial charge is 0.380 e. The lowest BCUT2D eigenvalue weighted by molar-refractivity contribution is 0.153. The number of hydrogen-bond acceptors (Lipinski definition) is 5. The van der Waals surface area contributed by atoms with Gasteiger partial charge in [-0.25, -0.2) is 9.97 Å². The molecule has 1 rings (SSSR count). The molecule has 5 heteroatoms. The van der Waals surface area contributed by atoms with Gasteiger partial charge in [-0.3, -0.25) is 0 Å². The van der Waals surface area contributed by atoms with E-state index >= 15 is 0 Å². The molecule has 0 fully saturated rings. The first-order valence-corrected chi connectivity index (χ1v) is 7.58. The van der Waals surface area contributed by atoms with E-state index in [1.54, 1.807) is 0 Å². The predicted octanol–water partition coefficient (Wildman–Crippen LogP) is 2.15. The summed E-state index contributed by atoms with van der Waals surface area (Å²) in [7, 11) is 0. The summed E-state index contributed by atoms with van der Waals surface area (Å²) in [4.78, 5) is 11.3. The van der Waals surface area contributed by atoms with Gasteiger partial charge in [0.1, 0.15) is 0 Å².